The normalized spacial score (nSPS) is 25.4. The molecule has 4 rings (SSSR count). The molecule has 2 aliphatic carbocycles. The van der Waals surface area contributed by atoms with E-state index in [2.05, 4.69) is 29.0 Å². The van der Waals surface area contributed by atoms with Crippen molar-refractivity contribution in [2.24, 2.45) is 0 Å². The number of hydrogen-bond acceptors (Lipinski definition) is 8. The second-order valence-electron chi connectivity index (χ2n) is 8.03. The molecule has 0 saturated heterocycles. The lowest BCUT2D eigenvalue weighted by Gasteiger charge is -2.32. The van der Waals surface area contributed by atoms with Crippen LogP contribution in [0, 0.1) is 0 Å². The standard InChI is InChI=1S/C19H27N3O4S2/c1-22(2)13-5-7-14(8-6-13)26-18-17-16-12(10-25-28(3,23)24)4-9-15(16)27-19(17)21-11-20-18/h11-14H,4-10H2,1-3H3/t12?,13-,14-. The first-order valence-electron chi connectivity index (χ1n) is 9.75. The Hall–Kier alpha value is -1.29. The molecule has 2 aromatic heterocycles. The van der Waals surface area contributed by atoms with Crippen molar-refractivity contribution in [1.82, 2.24) is 14.9 Å². The molecule has 1 atom stereocenters. The number of rotatable bonds is 6. The van der Waals surface area contributed by atoms with E-state index in [4.69, 9.17) is 8.92 Å². The average Bonchev–Trinajstić information content (AvgIpc) is 3.19. The van der Waals surface area contributed by atoms with Crippen LogP contribution in [0.4, 0.5) is 0 Å². The minimum atomic E-state index is -3.46. The Kier molecular flexibility index (Phi) is 5.61. The van der Waals surface area contributed by atoms with Gasteiger partial charge >= 0.3 is 0 Å². The minimum Gasteiger partial charge on any atom is -0.474 e. The van der Waals surface area contributed by atoms with Gasteiger partial charge in [-0.2, -0.15) is 8.42 Å². The van der Waals surface area contributed by atoms with Crippen LogP contribution < -0.4 is 4.74 Å². The fourth-order valence-corrected chi connectivity index (χ4v) is 5.98. The lowest BCUT2D eigenvalue weighted by atomic mass is 9.92. The number of aryl methyl sites for hydroxylation is 1. The fraction of sp³-hybridized carbons (Fsp3) is 0.684. The predicted octanol–water partition coefficient (Wildman–Crippen LogP) is 2.95. The van der Waals surface area contributed by atoms with Gasteiger partial charge in [0.05, 0.1) is 18.2 Å². The Balaban J connectivity index is 1.57. The van der Waals surface area contributed by atoms with E-state index in [0.717, 1.165) is 60.6 Å². The van der Waals surface area contributed by atoms with Crippen LogP contribution in [0.2, 0.25) is 0 Å². The van der Waals surface area contributed by atoms with E-state index in [1.807, 2.05) is 0 Å². The summed E-state index contributed by atoms with van der Waals surface area (Å²) in [5, 5.41) is 0.955. The molecule has 9 heteroatoms. The first-order chi connectivity index (χ1) is 13.3. The maximum Gasteiger partial charge on any atom is 0.264 e. The van der Waals surface area contributed by atoms with Gasteiger partial charge in [-0.05, 0) is 58.2 Å². The zero-order valence-electron chi connectivity index (χ0n) is 16.6. The van der Waals surface area contributed by atoms with Crippen LogP contribution in [0.5, 0.6) is 5.88 Å². The van der Waals surface area contributed by atoms with Crippen LogP contribution in [0.15, 0.2) is 6.33 Å². The first-order valence-corrected chi connectivity index (χ1v) is 12.4. The van der Waals surface area contributed by atoms with E-state index in [-0.39, 0.29) is 18.6 Å². The number of ether oxygens (including phenoxy) is 1. The molecule has 0 spiro atoms. The zero-order valence-corrected chi connectivity index (χ0v) is 18.2. The Labute approximate surface area is 170 Å². The van der Waals surface area contributed by atoms with Crippen molar-refractivity contribution >= 4 is 31.7 Å². The molecule has 0 radical (unpaired) electrons. The summed E-state index contributed by atoms with van der Waals surface area (Å²) in [7, 11) is 0.806. The van der Waals surface area contributed by atoms with Gasteiger partial charge in [0.1, 0.15) is 17.3 Å². The van der Waals surface area contributed by atoms with E-state index < -0.39 is 10.1 Å². The van der Waals surface area contributed by atoms with Crippen LogP contribution in [0.25, 0.3) is 10.2 Å². The van der Waals surface area contributed by atoms with E-state index >= 15 is 0 Å². The average molecular weight is 426 g/mol. The number of thiophene rings is 1. The molecule has 0 aromatic carbocycles. The van der Waals surface area contributed by atoms with Gasteiger partial charge in [-0.15, -0.1) is 11.3 Å². The van der Waals surface area contributed by atoms with Crippen LogP contribution >= 0.6 is 11.3 Å². The van der Waals surface area contributed by atoms with Gasteiger partial charge in [-0.3, -0.25) is 4.18 Å². The van der Waals surface area contributed by atoms with Gasteiger partial charge in [0.15, 0.2) is 0 Å². The number of hydrogen-bond donors (Lipinski definition) is 0. The number of aromatic nitrogens is 2. The topological polar surface area (TPSA) is 81.6 Å². The lowest BCUT2D eigenvalue weighted by Crippen LogP contribution is -2.35. The van der Waals surface area contributed by atoms with Crippen molar-refractivity contribution in [2.75, 3.05) is 27.0 Å². The van der Waals surface area contributed by atoms with Crippen molar-refractivity contribution in [2.45, 2.75) is 56.6 Å². The molecular weight excluding hydrogens is 398 g/mol. The highest BCUT2D eigenvalue weighted by molar-refractivity contribution is 7.85. The monoisotopic (exact) mass is 425 g/mol. The van der Waals surface area contributed by atoms with E-state index in [0.29, 0.717) is 11.9 Å². The highest BCUT2D eigenvalue weighted by atomic mass is 32.2. The fourth-order valence-electron chi connectivity index (χ4n) is 4.34. The van der Waals surface area contributed by atoms with Gasteiger partial charge in [0.25, 0.3) is 10.1 Å². The van der Waals surface area contributed by atoms with E-state index in [9.17, 15) is 8.42 Å². The second-order valence-corrected chi connectivity index (χ2v) is 10.8. The lowest BCUT2D eigenvalue weighted by molar-refractivity contribution is 0.108. The number of fused-ring (bicyclic) bond motifs is 3. The summed E-state index contributed by atoms with van der Waals surface area (Å²) in [6.45, 7) is 0.167. The molecule has 1 saturated carbocycles. The van der Waals surface area contributed by atoms with Gasteiger partial charge in [0, 0.05) is 16.8 Å². The highest BCUT2D eigenvalue weighted by Gasteiger charge is 2.32. The quantitative estimate of drug-likeness (QED) is 0.658. The smallest absolute Gasteiger partial charge is 0.264 e. The summed E-state index contributed by atoms with van der Waals surface area (Å²) in [5.74, 6) is 0.679. The predicted molar refractivity (Wildman–Crippen MR) is 110 cm³/mol. The van der Waals surface area contributed by atoms with Crippen molar-refractivity contribution < 1.29 is 17.3 Å². The molecule has 0 bridgehead atoms. The summed E-state index contributed by atoms with van der Waals surface area (Å²) in [6.07, 6.45) is 8.90. The molecule has 1 fully saturated rings. The largest absolute Gasteiger partial charge is 0.474 e. The summed E-state index contributed by atoms with van der Waals surface area (Å²) in [6, 6.07) is 0.619. The molecule has 154 valence electrons. The van der Waals surface area contributed by atoms with Crippen molar-refractivity contribution in [3.05, 3.63) is 16.8 Å². The van der Waals surface area contributed by atoms with Crippen LogP contribution in [0.1, 0.15) is 48.5 Å². The van der Waals surface area contributed by atoms with Gasteiger partial charge < -0.3 is 9.64 Å². The molecule has 0 aliphatic heterocycles. The summed E-state index contributed by atoms with van der Waals surface area (Å²) in [5.41, 5.74) is 1.13. The molecule has 2 aliphatic rings. The van der Waals surface area contributed by atoms with Crippen molar-refractivity contribution in [1.29, 1.82) is 0 Å². The number of nitrogens with zero attached hydrogens (tertiary/aromatic N) is 3. The van der Waals surface area contributed by atoms with Crippen LogP contribution in [0.3, 0.4) is 0 Å². The maximum absolute atomic E-state index is 11.4. The van der Waals surface area contributed by atoms with Crippen LogP contribution in [-0.4, -0.2) is 62.4 Å². The third-order valence-corrected chi connectivity index (χ3v) is 7.57. The summed E-state index contributed by atoms with van der Waals surface area (Å²) >= 11 is 1.66. The molecule has 2 aromatic rings. The highest BCUT2D eigenvalue weighted by Crippen LogP contribution is 2.46. The molecule has 28 heavy (non-hydrogen) atoms. The second kappa shape index (κ2) is 7.85. The Morgan fingerprint density at radius 1 is 1.18 bits per heavy atom. The summed E-state index contributed by atoms with van der Waals surface area (Å²) in [4.78, 5) is 13.3. The molecule has 2 heterocycles. The van der Waals surface area contributed by atoms with E-state index in [1.54, 1.807) is 17.7 Å². The molecule has 0 amide bonds. The van der Waals surface area contributed by atoms with Crippen molar-refractivity contribution in [3.63, 3.8) is 0 Å². The Morgan fingerprint density at radius 3 is 2.61 bits per heavy atom. The third kappa shape index (κ3) is 4.17. The zero-order chi connectivity index (χ0) is 19.9. The molecule has 7 nitrogen and oxygen atoms in total. The maximum atomic E-state index is 11.4. The molecule has 1 unspecified atom stereocenters. The van der Waals surface area contributed by atoms with Crippen molar-refractivity contribution in [3.8, 4) is 5.88 Å². The Morgan fingerprint density at radius 2 is 1.93 bits per heavy atom. The van der Waals surface area contributed by atoms with Gasteiger partial charge in [-0.1, -0.05) is 0 Å². The van der Waals surface area contributed by atoms with E-state index in [1.165, 1.54) is 4.88 Å². The minimum absolute atomic E-state index is 0.0382. The third-order valence-electron chi connectivity index (χ3n) is 5.83. The first kappa shape index (κ1) is 20.0. The van der Waals surface area contributed by atoms with Crippen LogP contribution in [-0.2, 0) is 20.7 Å². The van der Waals surface area contributed by atoms with Gasteiger partial charge in [0.2, 0.25) is 5.88 Å². The Bertz CT molecular complexity index is 949. The van der Waals surface area contributed by atoms with Gasteiger partial charge in [-0.25, -0.2) is 9.97 Å². The SMILES string of the molecule is CN(C)[C@H]1CC[C@H](Oc2ncnc3sc4c(c23)C(COS(C)(=O)=O)CC4)CC1. The summed E-state index contributed by atoms with van der Waals surface area (Å²) < 4.78 is 34.3. The molecular formula is C19H27N3O4S2. The molecule has 0 N–H and O–H groups in total.